The molecule has 7 nitrogen and oxygen atoms in total. The van der Waals surface area contributed by atoms with Crippen LogP contribution in [0.3, 0.4) is 0 Å². The average molecular weight is 444 g/mol. The molecule has 0 unspecified atom stereocenters. The van der Waals surface area contributed by atoms with Gasteiger partial charge in [0.15, 0.2) is 5.82 Å². The van der Waals surface area contributed by atoms with Crippen LogP contribution in [0.1, 0.15) is 36.2 Å². The van der Waals surface area contributed by atoms with E-state index in [4.69, 9.17) is 0 Å². The molecule has 0 radical (unpaired) electrons. The molecule has 170 valence electrons. The maximum atomic E-state index is 12.9. The number of anilines is 1. The summed E-state index contributed by atoms with van der Waals surface area (Å²) in [5.41, 5.74) is 1.80. The van der Waals surface area contributed by atoms with E-state index in [1.54, 1.807) is 12.3 Å². The lowest BCUT2D eigenvalue weighted by Gasteiger charge is -2.32. The summed E-state index contributed by atoms with van der Waals surface area (Å²) in [5.74, 6) is 0.0137. The molecule has 7 heteroatoms. The van der Waals surface area contributed by atoms with Crippen LogP contribution in [0.4, 0.5) is 5.69 Å². The molecule has 0 bridgehead atoms. The van der Waals surface area contributed by atoms with Gasteiger partial charge >= 0.3 is 0 Å². The summed E-state index contributed by atoms with van der Waals surface area (Å²) < 4.78 is 0. The van der Waals surface area contributed by atoms with Crippen LogP contribution in [0, 0.1) is 0 Å². The van der Waals surface area contributed by atoms with E-state index in [2.05, 4.69) is 46.2 Å². The number of hydrogen-bond donors (Lipinski definition) is 2. The molecule has 33 heavy (non-hydrogen) atoms. The lowest BCUT2D eigenvalue weighted by atomic mass is 9.90. The Bertz CT molecular complexity index is 1180. The summed E-state index contributed by atoms with van der Waals surface area (Å²) in [6, 6.07) is 13.9. The van der Waals surface area contributed by atoms with Gasteiger partial charge in [-0.05, 0) is 69.4 Å². The first-order valence-corrected chi connectivity index (χ1v) is 11.2. The van der Waals surface area contributed by atoms with Gasteiger partial charge in [0.1, 0.15) is 5.69 Å². The summed E-state index contributed by atoms with van der Waals surface area (Å²) in [6.45, 7) is 3.51. The summed E-state index contributed by atoms with van der Waals surface area (Å²) >= 11 is 0. The van der Waals surface area contributed by atoms with E-state index in [1.165, 1.54) is 6.08 Å². The third kappa shape index (κ3) is 5.26. The molecule has 0 atom stereocenters. The van der Waals surface area contributed by atoms with Gasteiger partial charge in [-0.3, -0.25) is 9.59 Å². The highest BCUT2D eigenvalue weighted by molar-refractivity contribution is 6.06. The summed E-state index contributed by atoms with van der Waals surface area (Å²) in [5, 5.41) is 7.81. The van der Waals surface area contributed by atoms with E-state index in [0.29, 0.717) is 23.2 Å². The van der Waals surface area contributed by atoms with E-state index in [9.17, 15) is 9.59 Å². The first kappa shape index (κ1) is 22.6. The van der Waals surface area contributed by atoms with Crippen LogP contribution < -0.4 is 10.6 Å². The van der Waals surface area contributed by atoms with Crippen molar-refractivity contribution in [2.75, 3.05) is 19.4 Å². The Hall–Kier alpha value is -3.58. The average Bonchev–Trinajstić information content (AvgIpc) is 2.84. The molecule has 0 spiro atoms. The molecule has 1 fully saturated rings. The third-order valence-electron chi connectivity index (χ3n) is 6.23. The highest BCUT2D eigenvalue weighted by Crippen LogP contribution is 2.28. The zero-order valence-electron chi connectivity index (χ0n) is 19.0. The highest BCUT2D eigenvalue weighted by Gasteiger charge is 2.24. The van der Waals surface area contributed by atoms with E-state index >= 15 is 0 Å². The quantitative estimate of drug-likeness (QED) is 0.562. The number of aromatic nitrogens is 2. The molecule has 3 aromatic rings. The van der Waals surface area contributed by atoms with Crippen LogP contribution in [0.15, 0.2) is 61.3 Å². The third-order valence-corrected chi connectivity index (χ3v) is 6.23. The van der Waals surface area contributed by atoms with Gasteiger partial charge in [0.25, 0.3) is 5.91 Å². The van der Waals surface area contributed by atoms with E-state index in [0.717, 1.165) is 42.0 Å². The maximum Gasteiger partial charge on any atom is 0.270 e. The van der Waals surface area contributed by atoms with E-state index < -0.39 is 0 Å². The Morgan fingerprint density at radius 2 is 1.88 bits per heavy atom. The minimum absolute atomic E-state index is 0.170. The topological polar surface area (TPSA) is 87.2 Å². The van der Waals surface area contributed by atoms with Crippen molar-refractivity contribution in [2.45, 2.75) is 37.8 Å². The number of nitrogens with one attached hydrogen (secondary N) is 2. The number of benzene rings is 2. The van der Waals surface area contributed by atoms with Crippen molar-refractivity contribution in [3.05, 3.63) is 67.0 Å². The fourth-order valence-corrected chi connectivity index (χ4v) is 4.32. The second kappa shape index (κ2) is 9.92. The molecule has 1 aliphatic rings. The minimum Gasteiger partial charge on any atom is -0.348 e. The van der Waals surface area contributed by atoms with Crippen LogP contribution in [0.25, 0.3) is 22.2 Å². The Morgan fingerprint density at radius 3 is 2.61 bits per heavy atom. The van der Waals surface area contributed by atoms with E-state index in [1.807, 2.05) is 36.4 Å². The SMILES string of the molecule is C=CC(=O)Nc1cccc2ccc(-c3nccc(C(=O)NC4CCC(N(C)C)CC4)n3)cc12. The molecule has 1 aliphatic carbocycles. The second-order valence-electron chi connectivity index (χ2n) is 8.64. The fourth-order valence-electron chi connectivity index (χ4n) is 4.32. The monoisotopic (exact) mass is 443 g/mol. The molecule has 2 aromatic carbocycles. The number of hydrogen-bond acceptors (Lipinski definition) is 5. The second-order valence-corrected chi connectivity index (χ2v) is 8.64. The van der Waals surface area contributed by atoms with Crippen molar-refractivity contribution < 1.29 is 9.59 Å². The predicted octanol–water partition coefficient (Wildman–Crippen LogP) is 4.02. The highest BCUT2D eigenvalue weighted by atomic mass is 16.2. The molecule has 1 heterocycles. The Labute approximate surface area is 193 Å². The number of rotatable bonds is 6. The van der Waals surface area contributed by atoms with Crippen molar-refractivity contribution in [3.63, 3.8) is 0 Å². The van der Waals surface area contributed by atoms with Gasteiger partial charge in [0.05, 0.1) is 0 Å². The standard InChI is InChI=1S/C26H29N5O2/c1-4-24(32)29-22-7-5-6-17-8-9-18(16-21(17)22)25-27-15-14-23(30-25)26(33)28-19-10-12-20(13-11-19)31(2)3/h4-9,14-16,19-20H,1,10-13H2,2-3H3,(H,28,33)(H,29,32). The van der Waals surface area contributed by atoms with Crippen LogP contribution in [0.2, 0.25) is 0 Å². The lowest BCUT2D eigenvalue weighted by Crippen LogP contribution is -2.42. The van der Waals surface area contributed by atoms with Gasteiger partial charge in [-0.1, -0.05) is 30.8 Å². The predicted molar refractivity (Wildman–Crippen MR) is 131 cm³/mol. The van der Waals surface area contributed by atoms with Gasteiger partial charge in [0, 0.05) is 34.9 Å². The first-order chi connectivity index (χ1) is 15.9. The number of nitrogens with zero attached hydrogens (tertiary/aromatic N) is 3. The fraction of sp³-hybridized carbons (Fsp3) is 0.308. The smallest absolute Gasteiger partial charge is 0.270 e. The van der Waals surface area contributed by atoms with Gasteiger partial charge in [0.2, 0.25) is 5.91 Å². The molecule has 0 aliphatic heterocycles. The molecule has 2 amide bonds. The van der Waals surface area contributed by atoms with Gasteiger partial charge < -0.3 is 15.5 Å². The molecule has 1 aromatic heterocycles. The Balaban J connectivity index is 1.53. The number of carbonyl (C=O) groups is 2. The van der Waals surface area contributed by atoms with Gasteiger partial charge in [-0.15, -0.1) is 0 Å². The van der Waals surface area contributed by atoms with Crippen molar-refractivity contribution in [1.82, 2.24) is 20.2 Å². The van der Waals surface area contributed by atoms with Crippen LogP contribution in [-0.4, -0.2) is 52.9 Å². The van der Waals surface area contributed by atoms with Crippen LogP contribution >= 0.6 is 0 Å². The molecule has 0 saturated heterocycles. The van der Waals surface area contributed by atoms with Crippen LogP contribution in [-0.2, 0) is 4.79 Å². The van der Waals surface area contributed by atoms with Crippen molar-refractivity contribution in [2.24, 2.45) is 0 Å². The Morgan fingerprint density at radius 1 is 1.09 bits per heavy atom. The number of fused-ring (bicyclic) bond motifs is 1. The molecular formula is C26H29N5O2. The zero-order valence-corrected chi connectivity index (χ0v) is 19.0. The van der Waals surface area contributed by atoms with Gasteiger partial charge in [-0.25, -0.2) is 9.97 Å². The normalized spacial score (nSPS) is 18.2. The summed E-state index contributed by atoms with van der Waals surface area (Å²) in [4.78, 5) is 35.8. The Kier molecular flexibility index (Phi) is 6.79. The maximum absolute atomic E-state index is 12.9. The van der Waals surface area contributed by atoms with E-state index in [-0.39, 0.29) is 17.9 Å². The van der Waals surface area contributed by atoms with Crippen molar-refractivity contribution >= 4 is 28.3 Å². The molecule has 2 N–H and O–H groups in total. The van der Waals surface area contributed by atoms with Crippen molar-refractivity contribution in [3.8, 4) is 11.4 Å². The molecule has 1 saturated carbocycles. The minimum atomic E-state index is -0.276. The number of carbonyl (C=O) groups excluding carboxylic acids is 2. The molecule has 4 rings (SSSR count). The zero-order chi connectivity index (χ0) is 23.4. The van der Waals surface area contributed by atoms with Gasteiger partial charge in [-0.2, -0.15) is 0 Å². The molecular weight excluding hydrogens is 414 g/mol. The lowest BCUT2D eigenvalue weighted by molar-refractivity contribution is -0.111. The van der Waals surface area contributed by atoms with Crippen LogP contribution in [0.5, 0.6) is 0 Å². The largest absolute Gasteiger partial charge is 0.348 e. The first-order valence-electron chi connectivity index (χ1n) is 11.2. The summed E-state index contributed by atoms with van der Waals surface area (Å²) in [7, 11) is 4.21. The summed E-state index contributed by atoms with van der Waals surface area (Å²) in [6.07, 6.45) is 6.94. The number of amides is 2. The van der Waals surface area contributed by atoms with Crippen molar-refractivity contribution in [1.29, 1.82) is 0 Å².